The molecule has 3 amide bonds. The lowest BCUT2D eigenvalue weighted by molar-refractivity contribution is -0.167. The summed E-state index contributed by atoms with van der Waals surface area (Å²) in [6.45, 7) is 7.21. The molecule has 73 heavy (non-hydrogen) atoms. The van der Waals surface area contributed by atoms with Gasteiger partial charge in [0.2, 0.25) is 17.7 Å². The van der Waals surface area contributed by atoms with Gasteiger partial charge in [-0.05, 0) is 90.0 Å². The van der Waals surface area contributed by atoms with Gasteiger partial charge in [0.05, 0.1) is 12.5 Å². The van der Waals surface area contributed by atoms with Gasteiger partial charge in [0.15, 0.2) is 6.10 Å². The molecule has 0 fully saturated rings. The number of nitrogens with one attached hydrogen (secondary N) is 3. The first kappa shape index (κ1) is 69.9. The van der Waals surface area contributed by atoms with Crippen LogP contribution < -0.4 is 27.4 Å². The lowest BCUT2D eigenvalue weighted by Gasteiger charge is -2.20. The normalized spacial score (nSPS) is 12.7. The van der Waals surface area contributed by atoms with Crippen molar-refractivity contribution in [2.45, 2.75) is 257 Å². The second kappa shape index (κ2) is 53.7. The Morgan fingerprint density at radius 2 is 0.918 bits per heavy atom. The minimum absolute atomic E-state index is 0.0685. The number of hydrogen-bond acceptors (Lipinski definition) is 13. The third-order valence-electron chi connectivity index (χ3n) is 12.3. The largest absolute Gasteiger partial charge is 0.462 e. The van der Waals surface area contributed by atoms with Crippen LogP contribution in [0, 0.1) is 0 Å². The highest BCUT2D eigenvalue weighted by Crippen LogP contribution is 2.19. The summed E-state index contributed by atoms with van der Waals surface area (Å²) in [7, 11) is 3.09. The van der Waals surface area contributed by atoms with Crippen LogP contribution >= 0.6 is 21.6 Å². The minimum atomic E-state index is -0.941. The number of nitrogens with two attached hydrogens (primary N) is 2. The summed E-state index contributed by atoms with van der Waals surface area (Å²) < 4.78 is 16.6. The lowest BCUT2D eigenvalue weighted by Crippen LogP contribution is -2.51. The van der Waals surface area contributed by atoms with Gasteiger partial charge in [-0.25, -0.2) is 0 Å². The Hall–Kier alpha value is -3.08. The monoisotopic (exact) mass is 1070 g/mol. The fraction of sp³-hybridized carbons (Fsp3) is 0.825. The van der Waals surface area contributed by atoms with Crippen LogP contribution in [0.15, 0.2) is 24.3 Å². The van der Waals surface area contributed by atoms with Crippen LogP contribution in [0.2, 0.25) is 0 Å². The van der Waals surface area contributed by atoms with E-state index in [4.69, 9.17) is 25.7 Å². The first-order valence-corrected chi connectivity index (χ1v) is 31.4. The molecule has 0 aromatic carbocycles. The zero-order valence-electron chi connectivity index (χ0n) is 46.2. The second-order valence-corrected chi connectivity index (χ2v) is 22.0. The minimum Gasteiger partial charge on any atom is -0.462 e. The predicted octanol–water partition coefficient (Wildman–Crippen LogP) is 11.8. The molecule has 0 rings (SSSR count). The van der Waals surface area contributed by atoms with Crippen LogP contribution in [0.3, 0.4) is 0 Å². The summed E-state index contributed by atoms with van der Waals surface area (Å²) in [5.41, 5.74) is 11.4. The molecule has 0 saturated heterocycles. The smallest absolute Gasteiger partial charge is 0.306 e. The van der Waals surface area contributed by atoms with E-state index >= 15 is 0 Å². The van der Waals surface area contributed by atoms with Crippen LogP contribution in [0.5, 0.6) is 0 Å². The molecule has 0 aromatic rings. The Morgan fingerprint density at radius 3 is 1.40 bits per heavy atom. The Balaban J connectivity index is 4.62. The summed E-state index contributed by atoms with van der Waals surface area (Å²) in [6, 6.07) is -1.35. The summed E-state index contributed by atoms with van der Waals surface area (Å²) in [5.74, 6) is -1.07. The molecule has 0 heterocycles. The third-order valence-corrected chi connectivity index (χ3v) is 14.8. The Kier molecular flexibility index (Phi) is 51.5. The fourth-order valence-electron chi connectivity index (χ4n) is 7.86. The number of carbonyl (C=O) groups excluding carboxylic acids is 6. The molecule has 0 radical (unpaired) electrons. The average Bonchev–Trinajstić information content (AvgIpc) is 3.38. The van der Waals surface area contributed by atoms with E-state index in [1.807, 2.05) is 6.92 Å². The van der Waals surface area contributed by atoms with Gasteiger partial charge in [0, 0.05) is 43.9 Å². The van der Waals surface area contributed by atoms with Crippen molar-refractivity contribution in [2.75, 3.05) is 44.4 Å². The van der Waals surface area contributed by atoms with Gasteiger partial charge in [0.25, 0.3) is 0 Å². The van der Waals surface area contributed by atoms with Crippen LogP contribution in [0.4, 0.5) is 0 Å². The molecule has 0 spiro atoms. The first-order valence-electron chi connectivity index (χ1n) is 28.9. The van der Waals surface area contributed by atoms with E-state index in [9.17, 15) is 28.8 Å². The Bertz CT molecular complexity index is 1440. The molecule has 16 heteroatoms. The van der Waals surface area contributed by atoms with Crippen molar-refractivity contribution >= 4 is 57.2 Å². The number of allylic oxidation sites excluding steroid dienone is 4. The van der Waals surface area contributed by atoms with E-state index < -0.39 is 30.1 Å². The highest BCUT2D eigenvalue weighted by atomic mass is 33.1. The molecule has 7 N–H and O–H groups in total. The zero-order valence-corrected chi connectivity index (χ0v) is 47.8. The molecular formula is C57H105N5O9S2. The van der Waals surface area contributed by atoms with Gasteiger partial charge < -0.3 is 41.6 Å². The molecule has 0 aliphatic carbocycles. The molecule has 14 nitrogen and oxygen atoms in total. The van der Waals surface area contributed by atoms with E-state index in [1.165, 1.54) is 83.5 Å². The molecule has 424 valence electrons. The molecule has 2 unspecified atom stereocenters. The standard InChI is InChI=1S/C57H105N5O9S2/c1-4-7-9-11-13-15-17-19-21-23-25-27-29-31-33-38-53(64)69-47-49(71-55(66)39-34-32-30-28-26-24-22-20-18-16-14-12-10-8-5-2)48-70-54(65)41-40-52(63)60-43-45-72-73-46-44-61-57(68)51(36-6-3)62-56(67)50(59)37-35-42-58/h19-22,49-51H,4-18,23-48,58-59H2,1-3H3,(H,60,63)(H,61,68)(H,62,67)/b21-19-,22-20-/t49-,50?,51?/m1/s1. The van der Waals surface area contributed by atoms with Crippen molar-refractivity contribution in [3.8, 4) is 0 Å². The predicted molar refractivity (Wildman–Crippen MR) is 304 cm³/mol. The summed E-state index contributed by atoms with van der Waals surface area (Å²) >= 11 is 0. The molecule has 0 bridgehead atoms. The number of hydrogen-bond donors (Lipinski definition) is 5. The lowest BCUT2D eigenvalue weighted by atomic mass is 10.1. The maximum absolute atomic E-state index is 12.9. The van der Waals surface area contributed by atoms with E-state index in [0.29, 0.717) is 56.8 Å². The van der Waals surface area contributed by atoms with Gasteiger partial charge in [-0.1, -0.05) is 176 Å². The van der Waals surface area contributed by atoms with Crippen LogP contribution in [0.25, 0.3) is 0 Å². The summed E-state index contributed by atoms with van der Waals surface area (Å²) in [6.07, 6.45) is 41.1. The molecular weight excluding hydrogens is 963 g/mol. The van der Waals surface area contributed by atoms with Gasteiger partial charge in [-0.15, -0.1) is 0 Å². The van der Waals surface area contributed by atoms with Gasteiger partial charge in [-0.3, -0.25) is 28.8 Å². The van der Waals surface area contributed by atoms with Gasteiger partial charge in [0.1, 0.15) is 19.3 Å². The number of esters is 3. The van der Waals surface area contributed by atoms with Crippen molar-refractivity contribution in [3.05, 3.63) is 24.3 Å². The first-order chi connectivity index (χ1) is 35.6. The highest BCUT2D eigenvalue weighted by Gasteiger charge is 2.23. The molecule has 0 saturated carbocycles. The van der Waals surface area contributed by atoms with Crippen molar-refractivity contribution in [3.63, 3.8) is 0 Å². The highest BCUT2D eigenvalue weighted by molar-refractivity contribution is 8.76. The van der Waals surface area contributed by atoms with E-state index in [-0.39, 0.29) is 62.6 Å². The summed E-state index contributed by atoms with van der Waals surface area (Å²) in [4.78, 5) is 75.8. The van der Waals surface area contributed by atoms with E-state index in [2.05, 4.69) is 54.1 Å². The molecule has 3 atom stereocenters. The number of carbonyl (C=O) groups is 6. The van der Waals surface area contributed by atoms with Crippen LogP contribution in [-0.4, -0.2) is 98.2 Å². The second-order valence-electron chi connectivity index (χ2n) is 19.3. The van der Waals surface area contributed by atoms with Gasteiger partial charge in [-0.2, -0.15) is 0 Å². The van der Waals surface area contributed by atoms with E-state index in [1.54, 1.807) is 21.6 Å². The number of rotatable bonds is 53. The fourth-order valence-corrected chi connectivity index (χ4v) is 9.67. The average molecular weight is 1070 g/mol. The number of unbranched alkanes of at least 4 members (excludes halogenated alkanes) is 22. The molecule has 0 aliphatic rings. The SMILES string of the molecule is CCCCCCCC/C=C\CCCCCCCC(=O)OC[C@H](COC(=O)CCC(=O)NCCSSCCNC(=O)C(CCC)NC(=O)C(N)CCCN)OC(=O)CCCCCCC/C=C\CCCCCCCC. The van der Waals surface area contributed by atoms with Crippen LogP contribution in [0.1, 0.15) is 239 Å². The van der Waals surface area contributed by atoms with Crippen molar-refractivity contribution in [1.29, 1.82) is 0 Å². The van der Waals surface area contributed by atoms with Crippen LogP contribution in [-0.2, 0) is 43.0 Å². The Labute approximate surface area is 451 Å². The number of ether oxygens (including phenoxy) is 3. The van der Waals surface area contributed by atoms with Crippen molar-refractivity contribution < 1.29 is 43.0 Å². The quantitative estimate of drug-likeness (QED) is 0.0126. The topological polar surface area (TPSA) is 218 Å². The zero-order chi connectivity index (χ0) is 53.7. The maximum Gasteiger partial charge on any atom is 0.306 e. The van der Waals surface area contributed by atoms with Crippen molar-refractivity contribution in [1.82, 2.24) is 16.0 Å². The van der Waals surface area contributed by atoms with Gasteiger partial charge >= 0.3 is 17.9 Å². The summed E-state index contributed by atoms with van der Waals surface area (Å²) in [5, 5.41) is 8.43. The molecule has 0 aliphatic heterocycles. The molecule has 0 aromatic heterocycles. The maximum atomic E-state index is 12.9. The van der Waals surface area contributed by atoms with E-state index in [0.717, 1.165) is 83.5 Å². The van der Waals surface area contributed by atoms with Crippen molar-refractivity contribution in [2.24, 2.45) is 11.5 Å². The third kappa shape index (κ3) is 48.3. The Morgan fingerprint density at radius 1 is 0.479 bits per heavy atom. The number of amides is 3.